The van der Waals surface area contributed by atoms with Crippen LogP contribution in [0, 0.1) is 0 Å². The Morgan fingerprint density at radius 1 is 1.27 bits per heavy atom. The van der Waals surface area contributed by atoms with Crippen molar-refractivity contribution in [2.45, 2.75) is 25.1 Å². The first-order valence-corrected chi connectivity index (χ1v) is 8.65. The van der Waals surface area contributed by atoms with E-state index in [-0.39, 0.29) is 6.04 Å². The Morgan fingerprint density at radius 2 is 1.86 bits per heavy atom. The first-order chi connectivity index (χ1) is 10.1. The summed E-state index contributed by atoms with van der Waals surface area (Å²) in [5, 5.41) is 0. The van der Waals surface area contributed by atoms with E-state index in [1.165, 1.54) is 10.4 Å². The van der Waals surface area contributed by atoms with Gasteiger partial charge in [0.25, 0.3) is 0 Å². The Balaban J connectivity index is 2.00. The topological polar surface area (TPSA) is 53.5 Å². The smallest absolute Gasteiger partial charge is 0.357 e. The van der Waals surface area contributed by atoms with E-state index in [2.05, 4.69) is 4.98 Å². The minimum atomic E-state index is -4.39. The van der Waals surface area contributed by atoms with Gasteiger partial charge in [0.15, 0.2) is 0 Å². The molecule has 1 aromatic rings. The number of anilines is 1. The third-order valence-electron chi connectivity index (χ3n) is 3.90. The van der Waals surface area contributed by atoms with Crippen molar-refractivity contribution < 1.29 is 21.6 Å². The molecule has 1 aliphatic heterocycles. The molecule has 2 heterocycles. The monoisotopic (exact) mass is 337 g/mol. The van der Waals surface area contributed by atoms with Crippen LogP contribution >= 0.6 is 0 Å². The highest BCUT2D eigenvalue weighted by atomic mass is 32.2. The maximum absolute atomic E-state index is 12.5. The second-order valence-corrected chi connectivity index (χ2v) is 7.44. The predicted octanol–water partition coefficient (Wildman–Crippen LogP) is 1.96. The maximum atomic E-state index is 12.5. The molecule has 1 saturated heterocycles. The summed E-state index contributed by atoms with van der Waals surface area (Å²) in [6, 6.07) is 2.28. The number of hydrogen-bond donors (Lipinski definition) is 0. The van der Waals surface area contributed by atoms with Crippen LogP contribution < -0.4 is 4.90 Å². The van der Waals surface area contributed by atoms with Crippen LogP contribution in [0.5, 0.6) is 0 Å². The minimum Gasteiger partial charge on any atom is -0.357 e. The molecule has 0 amide bonds. The third kappa shape index (κ3) is 3.89. The Labute approximate surface area is 127 Å². The molecule has 0 radical (unpaired) electrons. The van der Waals surface area contributed by atoms with E-state index in [1.807, 2.05) is 4.90 Å². The molecular formula is C13H18F3N3O2S. The van der Waals surface area contributed by atoms with Gasteiger partial charge in [-0.1, -0.05) is 0 Å². The van der Waals surface area contributed by atoms with Gasteiger partial charge in [-0.05, 0) is 25.0 Å². The van der Waals surface area contributed by atoms with Gasteiger partial charge in [0.05, 0.1) is 11.8 Å². The standard InChI is InChI=1S/C13H18F3N3O2S/c1-18(22(2,20)21)11-5-7-19(8-6-11)12-4-3-10(9-17-12)13(14,15)16/h3-4,9,11H,5-8H2,1-2H3. The number of alkyl halides is 3. The van der Waals surface area contributed by atoms with E-state index in [0.29, 0.717) is 31.7 Å². The van der Waals surface area contributed by atoms with Crippen LogP contribution in [0.25, 0.3) is 0 Å². The highest BCUT2D eigenvalue weighted by Crippen LogP contribution is 2.30. The van der Waals surface area contributed by atoms with Gasteiger partial charge in [-0.2, -0.15) is 13.2 Å². The molecule has 9 heteroatoms. The van der Waals surface area contributed by atoms with E-state index in [1.54, 1.807) is 7.05 Å². The number of nitrogens with zero attached hydrogens (tertiary/aromatic N) is 3. The molecule has 0 N–H and O–H groups in total. The molecule has 0 aliphatic carbocycles. The summed E-state index contributed by atoms with van der Waals surface area (Å²) in [6.07, 6.45) is -1.17. The lowest BCUT2D eigenvalue weighted by molar-refractivity contribution is -0.137. The number of halogens is 3. The lowest BCUT2D eigenvalue weighted by atomic mass is 10.1. The van der Waals surface area contributed by atoms with Crippen molar-refractivity contribution >= 4 is 15.8 Å². The van der Waals surface area contributed by atoms with Crippen molar-refractivity contribution in [3.63, 3.8) is 0 Å². The number of rotatable bonds is 3. The fourth-order valence-corrected chi connectivity index (χ4v) is 3.22. The predicted molar refractivity (Wildman–Crippen MR) is 77.1 cm³/mol. The molecule has 22 heavy (non-hydrogen) atoms. The van der Waals surface area contributed by atoms with E-state index in [0.717, 1.165) is 18.5 Å². The van der Waals surface area contributed by atoms with Gasteiger partial charge in [-0.15, -0.1) is 0 Å². The summed E-state index contributed by atoms with van der Waals surface area (Å²) in [4.78, 5) is 5.73. The van der Waals surface area contributed by atoms with Crippen molar-refractivity contribution in [3.05, 3.63) is 23.9 Å². The summed E-state index contributed by atoms with van der Waals surface area (Å²) < 4.78 is 61.9. The average molecular weight is 337 g/mol. The Bertz CT molecular complexity index is 608. The SMILES string of the molecule is CN(C1CCN(c2ccc(C(F)(F)F)cn2)CC1)S(C)(=O)=O. The number of piperidine rings is 1. The molecule has 5 nitrogen and oxygen atoms in total. The molecule has 0 spiro atoms. The number of pyridine rings is 1. The van der Waals surface area contributed by atoms with Gasteiger partial charge in [0.1, 0.15) is 5.82 Å². The largest absolute Gasteiger partial charge is 0.417 e. The summed E-state index contributed by atoms with van der Waals surface area (Å²) in [7, 11) is -1.68. The fraction of sp³-hybridized carbons (Fsp3) is 0.615. The van der Waals surface area contributed by atoms with E-state index >= 15 is 0 Å². The molecule has 1 aliphatic rings. The highest BCUT2D eigenvalue weighted by Gasteiger charge is 2.31. The Kier molecular flexibility index (Phi) is 4.67. The van der Waals surface area contributed by atoms with Crippen LogP contribution in [0.2, 0.25) is 0 Å². The van der Waals surface area contributed by atoms with Crippen molar-refractivity contribution in [2.75, 3.05) is 31.3 Å². The molecule has 0 saturated carbocycles. The van der Waals surface area contributed by atoms with E-state index in [4.69, 9.17) is 0 Å². The zero-order chi connectivity index (χ0) is 16.5. The summed E-state index contributed by atoms with van der Waals surface area (Å²) in [5.74, 6) is 0.480. The van der Waals surface area contributed by atoms with Gasteiger partial charge in [0.2, 0.25) is 10.0 Å². The van der Waals surface area contributed by atoms with Gasteiger partial charge >= 0.3 is 6.18 Å². The third-order valence-corrected chi connectivity index (χ3v) is 5.25. The zero-order valence-electron chi connectivity index (χ0n) is 12.3. The molecule has 0 aromatic carbocycles. The molecular weight excluding hydrogens is 319 g/mol. The lowest BCUT2D eigenvalue weighted by Gasteiger charge is -2.36. The molecule has 124 valence electrons. The normalized spacial score (nSPS) is 18.0. The van der Waals surface area contributed by atoms with Crippen LogP contribution in [0.15, 0.2) is 18.3 Å². The molecule has 0 unspecified atom stereocenters. The van der Waals surface area contributed by atoms with E-state index < -0.39 is 21.8 Å². The molecule has 0 atom stereocenters. The van der Waals surface area contributed by atoms with Crippen molar-refractivity contribution in [3.8, 4) is 0 Å². The van der Waals surface area contributed by atoms with Gasteiger partial charge < -0.3 is 4.90 Å². The van der Waals surface area contributed by atoms with Crippen LogP contribution in [0.4, 0.5) is 19.0 Å². The van der Waals surface area contributed by atoms with E-state index in [9.17, 15) is 21.6 Å². The molecule has 1 aromatic heterocycles. The van der Waals surface area contributed by atoms with Crippen LogP contribution in [-0.2, 0) is 16.2 Å². The van der Waals surface area contributed by atoms with Crippen molar-refractivity contribution in [2.24, 2.45) is 0 Å². The first-order valence-electron chi connectivity index (χ1n) is 6.80. The zero-order valence-corrected chi connectivity index (χ0v) is 13.2. The lowest BCUT2D eigenvalue weighted by Crippen LogP contribution is -2.45. The highest BCUT2D eigenvalue weighted by molar-refractivity contribution is 7.88. The van der Waals surface area contributed by atoms with Crippen molar-refractivity contribution in [1.29, 1.82) is 0 Å². The van der Waals surface area contributed by atoms with Crippen LogP contribution in [0.1, 0.15) is 18.4 Å². The van der Waals surface area contributed by atoms with Crippen molar-refractivity contribution in [1.82, 2.24) is 9.29 Å². The van der Waals surface area contributed by atoms with Gasteiger partial charge in [-0.25, -0.2) is 17.7 Å². The molecule has 0 bridgehead atoms. The number of aromatic nitrogens is 1. The Hall–Kier alpha value is -1.35. The van der Waals surface area contributed by atoms with Crippen LogP contribution in [-0.4, -0.2) is 50.1 Å². The summed E-state index contributed by atoms with van der Waals surface area (Å²) in [5.41, 5.74) is -0.775. The minimum absolute atomic E-state index is 0.0827. The quantitative estimate of drug-likeness (QED) is 0.846. The molecule has 2 rings (SSSR count). The average Bonchev–Trinajstić information content (AvgIpc) is 2.45. The van der Waals surface area contributed by atoms with Crippen LogP contribution in [0.3, 0.4) is 0 Å². The maximum Gasteiger partial charge on any atom is 0.417 e. The van der Waals surface area contributed by atoms with Gasteiger partial charge in [0, 0.05) is 32.4 Å². The number of hydrogen-bond acceptors (Lipinski definition) is 4. The number of sulfonamides is 1. The van der Waals surface area contributed by atoms with Gasteiger partial charge in [-0.3, -0.25) is 0 Å². The first kappa shape index (κ1) is 17.0. The fourth-order valence-electron chi connectivity index (χ4n) is 2.47. The second-order valence-electron chi connectivity index (χ2n) is 5.40. The second kappa shape index (κ2) is 6.04. The summed E-state index contributed by atoms with van der Waals surface area (Å²) in [6.45, 7) is 1.12. The Morgan fingerprint density at radius 3 is 2.27 bits per heavy atom. The summed E-state index contributed by atoms with van der Waals surface area (Å²) >= 11 is 0. The molecule has 1 fully saturated rings.